The Morgan fingerprint density at radius 3 is 2.21 bits per heavy atom. The fourth-order valence-electron chi connectivity index (χ4n) is 2.76. The van der Waals surface area contributed by atoms with E-state index in [0.29, 0.717) is 0 Å². The minimum absolute atomic E-state index is 0.0229. The number of ether oxygens (including phenoxy) is 1. The van der Waals surface area contributed by atoms with Gasteiger partial charge in [-0.3, -0.25) is 4.79 Å². The van der Waals surface area contributed by atoms with Crippen molar-refractivity contribution in [2.75, 3.05) is 7.11 Å². The smallest absolute Gasteiger partial charge is 0.416 e. The molecule has 29 heavy (non-hydrogen) atoms. The first-order chi connectivity index (χ1) is 13.5. The summed E-state index contributed by atoms with van der Waals surface area (Å²) in [6.45, 7) is 3.86. The number of amides is 1. The molecule has 2 atom stereocenters. The van der Waals surface area contributed by atoms with Crippen LogP contribution in [0, 0.1) is 13.8 Å². The van der Waals surface area contributed by atoms with Crippen molar-refractivity contribution in [1.29, 1.82) is 0 Å². The number of alkyl halides is 3. The van der Waals surface area contributed by atoms with Crippen LogP contribution in [0.1, 0.15) is 33.9 Å². The summed E-state index contributed by atoms with van der Waals surface area (Å²) >= 11 is 0. The molecule has 0 aliphatic rings. The van der Waals surface area contributed by atoms with Crippen molar-refractivity contribution in [3.63, 3.8) is 0 Å². The minimum Gasteiger partial charge on any atom is -0.467 e. The monoisotopic (exact) mass is 409 g/mol. The lowest BCUT2D eigenvalue weighted by atomic mass is 10.00. The highest BCUT2D eigenvalue weighted by atomic mass is 19.4. The molecular formula is C21H22F3NO4. The average molecular weight is 409 g/mol. The largest absolute Gasteiger partial charge is 0.467 e. The molecular weight excluding hydrogens is 387 g/mol. The molecule has 0 fully saturated rings. The van der Waals surface area contributed by atoms with Gasteiger partial charge in [-0.1, -0.05) is 30.3 Å². The van der Waals surface area contributed by atoms with E-state index in [4.69, 9.17) is 4.74 Å². The van der Waals surface area contributed by atoms with Crippen LogP contribution in [0.5, 0.6) is 0 Å². The second kappa shape index (κ2) is 9.09. The highest BCUT2D eigenvalue weighted by Crippen LogP contribution is 2.30. The number of carbonyl (C=O) groups excluding carboxylic acids is 2. The number of aliphatic hydroxyl groups is 1. The topological polar surface area (TPSA) is 75.6 Å². The van der Waals surface area contributed by atoms with Crippen LogP contribution >= 0.6 is 0 Å². The third-order valence-electron chi connectivity index (χ3n) is 4.62. The first-order valence-corrected chi connectivity index (χ1v) is 8.82. The van der Waals surface area contributed by atoms with Gasteiger partial charge in [-0.05, 0) is 48.2 Å². The van der Waals surface area contributed by atoms with Crippen LogP contribution < -0.4 is 5.32 Å². The van der Waals surface area contributed by atoms with E-state index in [1.807, 2.05) is 32.0 Å². The van der Waals surface area contributed by atoms with Crippen molar-refractivity contribution in [1.82, 2.24) is 5.32 Å². The maximum atomic E-state index is 12.6. The molecule has 8 heteroatoms. The molecule has 0 radical (unpaired) electrons. The molecule has 156 valence electrons. The Kier molecular flexibility index (Phi) is 7.02. The van der Waals surface area contributed by atoms with Crippen LogP contribution in [0.3, 0.4) is 0 Å². The van der Waals surface area contributed by atoms with Gasteiger partial charge in [-0.15, -0.1) is 0 Å². The first-order valence-electron chi connectivity index (χ1n) is 8.82. The van der Waals surface area contributed by atoms with E-state index in [0.717, 1.165) is 41.0 Å². The maximum absolute atomic E-state index is 12.6. The van der Waals surface area contributed by atoms with Gasteiger partial charge < -0.3 is 15.2 Å². The zero-order valence-corrected chi connectivity index (χ0v) is 16.2. The number of hydrogen-bond donors (Lipinski definition) is 2. The van der Waals surface area contributed by atoms with Crippen molar-refractivity contribution in [3.05, 3.63) is 70.3 Å². The average Bonchev–Trinajstić information content (AvgIpc) is 2.68. The molecule has 0 heterocycles. The zero-order chi connectivity index (χ0) is 21.8. The van der Waals surface area contributed by atoms with Crippen molar-refractivity contribution in [3.8, 4) is 0 Å². The van der Waals surface area contributed by atoms with Gasteiger partial charge in [-0.2, -0.15) is 13.2 Å². The first kappa shape index (κ1) is 22.4. The summed E-state index contributed by atoms with van der Waals surface area (Å²) in [5.74, 6) is -1.61. The van der Waals surface area contributed by atoms with E-state index >= 15 is 0 Å². The number of aliphatic hydroxyl groups excluding tert-OH is 1. The van der Waals surface area contributed by atoms with Gasteiger partial charge in [0.05, 0.1) is 12.7 Å². The highest BCUT2D eigenvalue weighted by molar-refractivity contribution is 5.87. The molecule has 1 amide bonds. The number of halogens is 3. The van der Waals surface area contributed by atoms with Gasteiger partial charge in [0.15, 0.2) is 6.10 Å². The fraction of sp³-hybridized carbons (Fsp3) is 0.333. The molecule has 0 saturated carbocycles. The molecule has 2 aromatic rings. The quantitative estimate of drug-likeness (QED) is 0.719. The van der Waals surface area contributed by atoms with E-state index in [1.54, 1.807) is 0 Å². The lowest BCUT2D eigenvalue weighted by Crippen LogP contribution is -2.45. The third-order valence-corrected chi connectivity index (χ3v) is 4.62. The standard InChI is InChI=1S/C21H22F3NO4/c1-12-4-5-14(10-13(12)2)11-17(20(28)29-3)25-19(27)18(26)15-6-8-16(9-7-15)21(22,23)24/h4-10,17-18,26H,11H2,1-3H3,(H,25,27)/t17-,18+/m1/s1. The Hall–Kier alpha value is -2.87. The second-order valence-corrected chi connectivity index (χ2v) is 6.73. The molecule has 0 saturated heterocycles. The molecule has 2 N–H and O–H groups in total. The summed E-state index contributed by atoms with van der Waals surface area (Å²) in [7, 11) is 1.17. The summed E-state index contributed by atoms with van der Waals surface area (Å²) < 4.78 is 42.7. The van der Waals surface area contributed by atoms with Crippen molar-refractivity contribution in [2.24, 2.45) is 0 Å². The Labute approximate surface area is 166 Å². The SMILES string of the molecule is COC(=O)[C@@H](Cc1ccc(C)c(C)c1)NC(=O)[C@@H](O)c1ccc(C(F)(F)F)cc1. The molecule has 0 aromatic heterocycles. The number of esters is 1. The number of aryl methyl sites for hydroxylation is 2. The highest BCUT2D eigenvalue weighted by Gasteiger charge is 2.31. The summed E-state index contributed by atoms with van der Waals surface area (Å²) in [6, 6.07) is 8.11. The van der Waals surface area contributed by atoms with Crippen molar-refractivity contribution < 1.29 is 32.6 Å². The predicted octanol–water partition coefficient (Wildman–Crippen LogP) is 3.26. The number of rotatable bonds is 6. The van der Waals surface area contributed by atoms with Crippen LogP contribution in [0.15, 0.2) is 42.5 Å². The molecule has 0 aliphatic carbocycles. The molecule has 5 nitrogen and oxygen atoms in total. The molecule has 0 unspecified atom stereocenters. The summed E-state index contributed by atoms with van der Waals surface area (Å²) in [5.41, 5.74) is 1.96. The number of nitrogens with one attached hydrogen (secondary N) is 1. The second-order valence-electron chi connectivity index (χ2n) is 6.73. The van der Waals surface area contributed by atoms with Crippen LogP contribution in [0.25, 0.3) is 0 Å². The molecule has 0 bridgehead atoms. The summed E-state index contributed by atoms with van der Waals surface area (Å²) in [4.78, 5) is 24.5. The fourth-order valence-corrected chi connectivity index (χ4v) is 2.76. The van der Waals surface area contributed by atoms with Crippen molar-refractivity contribution >= 4 is 11.9 Å². The van der Waals surface area contributed by atoms with Gasteiger partial charge in [0.2, 0.25) is 0 Å². The number of carbonyl (C=O) groups is 2. The number of benzene rings is 2. The van der Waals surface area contributed by atoms with Gasteiger partial charge in [-0.25, -0.2) is 4.79 Å². The van der Waals surface area contributed by atoms with Crippen molar-refractivity contribution in [2.45, 2.75) is 38.6 Å². The summed E-state index contributed by atoms with van der Waals surface area (Å²) in [6.07, 6.45) is -6.11. The van der Waals surface area contributed by atoms with Gasteiger partial charge >= 0.3 is 12.1 Å². The van der Waals surface area contributed by atoms with E-state index in [-0.39, 0.29) is 12.0 Å². The Morgan fingerprint density at radius 2 is 1.69 bits per heavy atom. The molecule has 2 rings (SSSR count). The summed E-state index contributed by atoms with van der Waals surface area (Å²) in [5, 5.41) is 12.6. The van der Waals surface area contributed by atoms with E-state index in [1.165, 1.54) is 7.11 Å². The van der Waals surface area contributed by atoms with Crippen LogP contribution in [-0.4, -0.2) is 30.1 Å². The third kappa shape index (κ3) is 5.80. The lowest BCUT2D eigenvalue weighted by molar-refractivity contribution is -0.146. The van der Waals surface area contributed by atoms with Crippen LogP contribution in [0.2, 0.25) is 0 Å². The Bertz CT molecular complexity index is 878. The minimum atomic E-state index is -4.52. The van der Waals surface area contributed by atoms with Crippen LogP contribution in [0.4, 0.5) is 13.2 Å². The zero-order valence-electron chi connectivity index (χ0n) is 16.2. The predicted molar refractivity (Wildman–Crippen MR) is 100.0 cm³/mol. The molecule has 2 aromatic carbocycles. The maximum Gasteiger partial charge on any atom is 0.416 e. The Morgan fingerprint density at radius 1 is 1.07 bits per heavy atom. The lowest BCUT2D eigenvalue weighted by Gasteiger charge is -2.19. The van der Waals surface area contributed by atoms with Crippen LogP contribution in [-0.2, 0) is 26.9 Å². The normalized spacial score (nSPS) is 13.5. The van der Waals surface area contributed by atoms with Gasteiger partial charge in [0.25, 0.3) is 5.91 Å². The van der Waals surface area contributed by atoms with E-state index in [9.17, 15) is 27.9 Å². The van der Waals surface area contributed by atoms with Gasteiger partial charge in [0, 0.05) is 6.42 Å². The number of methoxy groups -OCH3 is 1. The van der Waals surface area contributed by atoms with E-state index < -0.39 is 35.8 Å². The number of hydrogen-bond acceptors (Lipinski definition) is 4. The van der Waals surface area contributed by atoms with E-state index in [2.05, 4.69) is 5.32 Å². The molecule has 0 spiro atoms. The Balaban J connectivity index is 2.14. The van der Waals surface area contributed by atoms with Gasteiger partial charge in [0.1, 0.15) is 6.04 Å². The molecule has 0 aliphatic heterocycles.